The largest absolute Gasteiger partial charge is 0.416 e. The zero-order valence-electron chi connectivity index (χ0n) is 22.2. The minimum Gasteiger partial charge on any atom is -0.374 e. The third kappa shape index (κ3) is 5.93. The van der Waals surface area contributed by atoms with Crippen molar-refractivity contribution in [3.63, 3.8) is 0 Å². The van der Waals surface area contributed by atoms with E-state index in [-0.39, 0.29) is 35.2 Å². The van der Waals surface area contributed by atoms with Crippen LogP contribution in [0.1, 0.15) is 66.0 Å². The lowest BCUT2D eigenvalue weighted by Gasteiger charge is -2.41. The number of halogens is 6. The van der Waals surface area contributed by atoms with Crippen LogP contribution in [0.25, 0.3) is 0 Å². The molecule has 0 unspecified atom stereocenters. The Morgan fingerprint density at radius 3 is 2.27 bits per heavy atom. The molecule has 0 radical (unpaired) electrons. The van der Waals surface area contributed by atoms with E-state index in [9.17, 15) is 31.1 Å². The van der Waals surface area contributed by atoms with Gasteiger partial charge in [0.2, 0.25) is 0 Å². The minimum atomic E-state index is -4.95. The second-order valence-corrected chi connectivity index (χ2v) is 11.0. The van der Waals surface area contributed by atoms with Crippen LogP contribution in [0, 0.1) is 18.8 Å². The van der Waals surface area contributed by atoms with Gasteiger partial charge in [0.05, 0.1) is 23.8 Å². The van der Waals surface area contributed by atoms with Crippen LogP contribution in [0.5, 0.6) is 0 Å². The summed E-state index contributed by atoms with van der Waals surface area (Å²) in [5.41, 5.74) is -0.0323. The molecule has 5 atom stereocenters. The van der Waals surface area contributed by atoms with E-state index in [2.05, 4.69) is 4.90 Å². The van der Waals surface area contributed by atoms with E-state index in [1.54, 1.807) is 6.08 Å². The van der Waals surface area contributed by atoms with Crippen molar-refractivity contribution in [3.05, 3.63) is 82.1 Å². The Morgan fingerprint density at radius 2 is 1.65 bits per heavy atom. The Bertz CT molecular complexity index is 1250. The molecule has 0 saturated carbocycles. The number of allylic oxidation sites excluding steroid dienone is 2. The zero-order chi connectivity index (χ0) is 28.8. The minimum absolute atomic E-state index is 0.0530. The normalized spacial score (nSPS) is 26.4. The number of rotatable bonds is 5. The Hall–Kier alpha value is -2.85. The van der Waals surface area contributed by atoms with Crippen LogP contribution in [0.4, 0.5) is 26.3 Å². The van der Waals surface area contributed by atoms with Gasteiger partial charge in [-0.15, -0.1) is 0 Å². The summed E-state index contributed by atoms with van der Waals surface area (Å²) in [6.45, 7) is 5.09. The van der Waals surface area contributed by atoms with E-state index < -0.39 is 35.9 Å². The molecule has 216 valence electrons. The number of carbonyl (C=O) groups excluding carboxylic acids is 1. The first kappa shape index (κ1) is 28.7. The number of benzene rings is 2. The molecule has 2 fully saturated rings. The standard InChI is InChI=1S/C30H31F6NO3/c1-17-6-3-4-9-25(17)27-26-15-37(23-7-5-8-24(38)13-23)14-20(26)16-39-28(27)40-18(2)19-10-21(29(31,32)33)12-22(11-19)30(34,35)36/h3-4,6,9-13,18,20,26-28H,5,7-8,14-16H2,1-2H3/t18-,20+,26-,27+,28-/m1/s1. The van der Waals surface area contributed by atoms with Crippen molar-refractivity contribution in [1.29, 1.82) is 0 Å². The number of nitrogens with zero attached hydrogens (tertiary/aromatic N) is 1. The summed E-state index contributed by atoms with van der Waals surface area (Å²) < 4.78 is 93.3. The van der Waals surface area contributed by atoms with Crippen molar-refractivity contribution in [2.45, 2.75) is 63.8 Å². The van der Waals surface area contributed by atoms with Gasteiger partial charge in [0.1, 0.15) is 0 Å². The van der Waals surface area contributed by atoms with Gasteiger partial charge in [0.15, 0.2) is 12.1 Å². The summed E-state index contributed by atoms with van der Waals surface area (Å²) in [4.78, 5) is 14.3. The van der Waals surface area contributed by atoms with E-state index in [0.29, 0.717) is 38.2 Å². The topological polar surface area (TPSA) is 38.8 Å². The van der Waals surface area contributed by atoms with Gasteiger partial charge in [0.25, 0.3) is 0 Å². The second-order valence-electron chi connectivity index (χ2n) is 11.0. The second kappa shape index (κ2) is 10.9. The van der Waals surface area contributed by atoms with E-state index in [0.717, 1.165) is 29.7 Å². The van der Waals surface area contributed by atoms with Gasteiger partial charge in [-0.05, 0) is 67.5 Å². The number of fused-ring (bicyclic) bond motifs is 1. The molecule has 0 bridgehead atoms. The highest BCUT2D eigenvalue weighted by Gasteiger charge is 2.48. The van der Waals surface area contributed by atoms with Crippen LogP contribution < -0.4 is 0 Å². The molecule has 10 heteroatoms. The van der Waals surface area contributed by atoms with Gasteiger partial charge >= 0.3 is 12.4 Å². The third-order valence-electron chi connectivity index (χ3n) is 8.28. The van der Waals surface area contributed by atoms with Crippen LogP contribution in [-0.4, -0.2) is 36.7 Å². The maximum absolute atomic E-state index is 13.5. The molecule has 5 rings (SSSR count). The molecule has 0 aromatic heterocycles. The predicted octanol–water partition coefficient (Wildman–Crippen LogP) is 7.44. The molecular formula is C30H31F6NO3. The average Bonchev–Trinajstić information content (AvgIpc) is 3.32. The Morgan fingerprint density at radius 1 is 0.975 bits per heavy atom. The average molecular weight is 568 g/mol. The Balaban J connectivity index is 1.46. The number of aryl methyl sites for hydroxylation is 1. The van der Waals surface area contributed by atoms with Crippen molar-refractivity contribution in [2.24, 2.45) is 11.8 Å². The van der Waals surface area contributed by atoms with Crippen LogP contribution in [0.15, 0.2) is 54.2 Å². The maximum Gasteiger partial charge on any atom is 0.416 e. The number of hydrogen-bond acceptors (Lipinski definition) is 4. The molecule has 2 aromatic rings. The van der Waals surface area contributed by atoms with Crippen molar-refractivity contribution in [2.75, 3.05) is 19.7 Å². The lowest BCUT2D eigenvalue weighted by molar-refractivity contribution is -0.217. The van der Waals surface area contributed by atoms with E-state index in [1.165, 1.54) is 6.92 Å². The van der Waals surface area contributed by atoms with Gasteiger partial charge < -0.3 is 14.4 Å². The van der Waals surface area contributed by atoms with Crippen LogP contribution >= 0.6 is 0 Å². The molecule has 0 spiro atoms. The molecule has 2 aliphatic heterocycles. The first-order valence-corrected chi connectivity index (χ1v) is 13.4. The fourth-order valence-corrected chi connectivity index (χ4v) is 6.22. The first-order valence-electron chi connectivity index (χ1n) is 13.4. The zero-order valence-corrected chi connectivity index (χ0v) is 22.2. The van der Waals surface area contributed by atoms with E-state index in [1.807, 2.05) is 31.2 Å². The summed E-state index contributed by atoms with van der Waals surface area (Å²) in [6, 6.07) is 9.24. The quantitative estimate of drug-likeness (QED) is 0.352. The van der Waals surface area contributed by atoms with Crippen molar-refractivity contribution in [1.82, 2.24) is 4.90 Å². The van der Waals surface area contributed by atoms with Crippen LogP contribution in [0.2, 0.25) is 0 Å². The monoisotopic (exact) mass is 567 g/mol. The molecular weight excluding hydrogens is 536 g/mol. The molecule has 40 heavy (non-hydrogen) atoms. The summed E-state index contributed by atoms with van der Waals surface area (Å²) in [6.07, 6.45) is -8.02. The maximum atomic E-state index is 13.5. The lowest BCUT2D eigenvalue weighted by atomic mass is 9.76. The fraction of sp³-hybridized carbons (Fsp3) is 0.500. The third-order valence-corrected chi connectivity index (χ3v) is 8.28. The predicted molar refractivity (Wildman–Crippen MR) is 135 cm³/mol. The molecule has 3 aliphatic rings. The summed E-state index contributed by atoms with van der Waals surface area (Å²) >= 11 is 0. The Kier molecular flexibility index (Phi) is 7.78. The molecule has 0 N–H and O–H groups in total. The lowest BCUT2D eigenvalue weighted by Crippen LogP contribution is -2.42. The number of hydrogen-bond donors (Lipinski definition) is 0. The van der Waals surface area contributed by atoms with Crippen LogP contribution in [-0.2, 0) is 26.6 Å². The summed E-state index contributed by atoms with van der Waals surface area (Å²) in [5.74, 6) is -0.0161. The Labute approximate surface area is 228 Å². The van der Waals surface area contributed by atoms with Gasteiger partial charge in [-0.1, -0.05) is 24.3 Å². The van der Waals surface area contributed by atoms with Gasteiger partial charge in [-0.25, -0.2) is 0 Å². The molecule has 2 heterocycles. The van der Waals surface area contributed by atoms with Crippen molar-refractivity contribution in [3.8, 4) is 0 Å². The number of alkyl halides is 6. The summed E-state index contributed by atoms with van der Waals surface area (Å²) in [7, 11) is 0. The van der Waals surface area contributed by atoms with Crippen molar-refractivity contribution < 1.29 is 40.6 Å². The number of carbonyl (C=O) groups is 1. The molecule has 1 aliphatic carbocycles. The number of likely N-dealkylation sites (tertiary alicyclic amines) is 1. The highest BCUT2D eigenvalue weighted by molar-refractivity contribution is 5.91. The highest BCUT2D eigenvalue weighted by atomic mass is 19.4. The molecule has 2 saturated heterocycles. The van der Waals surface area contributed by atoms with Gasteiger partial charge in [-0.3, -0.25) is 4.79 Å². The van der Waals surface area contributed by atoms with E-state index >= 15 is 0 Å². The van der Waals surface area contributed by atoms with Gasteiger partial charge in [-0.2, -0.15) is 26.3 Å². The summed E-state index contributed by atoms with van der Waals surface area (Å²) in [5, 5.41) is 0. The first-order chi connectivity index (χ1) is 18.8. The van der Waals surface area contributed by atoms with E-state index in [4.69, 9.17) is 9.47 Å². The number of ether oxygens (including phenoxy) is 2. The molecule has 4 nitrogen and oxygen atoms in total. The smallest absolute Gasteiger partial charge is 0.374 e. The van der Waals surface area contributed by atoms with Gasteiger partial charge in [0, 0.05) is 43.1 Å². The van der Waals surface area contributed by atoms with Crippen LogP contribution in [0.3, 0.4) is 0 Å². The molecule has 2 aromatic carbocycles. The SMILES string of the molecule is Cc1ccccc1[C@@H]1[C@@H](O[C@H](C)c2cc(C(F)(F)F)cc(C(F)(F)F)c2)OC[C@@H]2CN(C3=CC(=O)CCC3)C[C@H]21. The fourth-order valence-electron chi connectivity index (χ4n) is 6.22. The van der Waals surface area contributed by atoms with Crippen molar-refractivity contribution >= 4 is 5.78 Å². The molecule has 0 amide bonds. The highest BCUT2D eigenvalue weighted by Crippen LogP contribution is 2.47. The number of ketones is 1.